The Hall–Kier alpha value is -3.82. The van der Waals surface area contributed by atoms with E-state index in [-0.39, 0.29) is 30.3 Å². The normalized spacial score (nSPS) is 18.1. The number of methoxy groups -OCH3 is 2. The Bertz CT molecular complexity index is 1030. The van der Waals surface area contributed by atoms with Gasteiger partial charge >= 0.3 is 11.9 Å². The zero-order valence-electron chi connectivity index (χ0n) is 17.9. The van der Waals surface area contributed by atoms with Gasteiger partial charge in [-0.1, -0.05) is 18.2 Å². The monoisotopic (exact) mass is 444 g/mol. The van der Waals surface area contributed by atoms with Crippen molar-refractivity contribution in [1.29, 1.82) is 0 Å². The number of esters is 1. The molecule has 1 aliphatic rings. The molecule has 0 radical (unpaired) electrons. The third kappa shape index (κ3) is 4.90. The molecule has 1 heterocycles. The molecule has 0 spiro atoms. The minimum absolute atomic E-state index is 0.157. The molecule has 0 bridgehead atoms. The van der Waals surface area contributed by atoms with Gasteiger partial charge in [-0.3, -0.25) is 19.7 Å². The van der Waals surface area contributed by atoms with Crippen LogP contribution in [0.1, 0.15) is 35.4 Å². The number of allylic oxidation sites excluding steroid dienone is 1. The van der Waals surface area contributed by atoms with Gasteiger partial charge in [-0.2, -0.15) is 0 Å². The Labute approximate surface area is 184 Å². The fraction of sp³-hybridized carbons (Fsp3) is 0.364. The molecule has 1 aromatic heterocycles. The Kier molecular flexibility index (Phi) is 7.14. The molecule has 0 saturated heterocycles. The summed E-state index contributed by atoms with van der Waals surface area (Å²) in [5.41, 5.74) is 0.699. The summed E-state index contributed by atoms with van der Waals surface area (Å²) in [7, 11) is 3.04. The van der Waals surface area contributed by atoms with Crippen LogP contribution in [0, 0.1) is 16.0 Å². The van der Waals surface area contributed by atoms with E-state index in [0.29, 0.717) is 23.5 Å². The molecule has 32 heavy (non-hydrogen) atoms. The molecule has 2 aromatic rings. The number of nitrogens with one attached hydrogen (secondary N) is 1. The first kappa shape index (κ1) is 22.9. The number of hydrogen-bond acceptors (Lipinski definition) is 8. The molecule has 3 atom stereocenters. The molecule has 10 nitrogen and oxygen atoms in total. The number of carbonyl (C=O) groups is 2. The molecule has 170 valence electrons. The number of amides is 1. The van der Waals surface area contributed by atoms with E-state index in [1.165, 1.54) is 20.3 Å². The van der Waals surface area contributed by atoms with Crippen molar-refractivity contribution in [3.05, 3.63) is 63.9 Å². The second kappa shape index (κ2) is 9.99. The lowest BCUT2D eigenvalue weighted by atomic mass is 9.85. The summed E-state index contributed by atoms with van der Waals surface area (Å²) in [6.07, 6.45) is 4.08. The summed E-state index contributed by atoms with van der Waals surface area (Å²) >= 11 is 0. The van der Waals surface area contributed by atoms with E-state index in [0.717, 1.165) is 6.07 Å². The first-order chi connectivity index (χ1) is 15.4. The van der Waals surface area contributed by atoms with Crippen molar-refractivity contribution < 1.29 is 33.1 Å². The lowest BCUT2D eigenvalue weighted by Gasteiger charge is -2.23. The summed E-state index contributed by atoms with van der Waals surface area (Å²) in [5.74, 6) is -1.46. The largest absolute Gasteiger partial charge is 0.493 e. The van der Waals surface area contributed by atoms with Crippen molar-refractivity contribution in [3.8, 4) is 11.5 Å². The molecular weight excluding hydrogens is 420 g/mol. The Morgan fingerprint density at radius 3 is 2.56 bits per heavy atom. The minimum atomic E-state index is -0.713. The number of nitrogens with zero attached hydrogens (tertiary/aromatic N) is 1. The van der Waals surface area contributed by atoms with E-state index < -0.39 is 22.6 Å². The number of carbonyl (C=O) groups excluding carboxylic acids is 2. The van der Waals surface area contributed by atoms with Crippen LogP contribution in [0.2, 0.25) is 0 Å². The molecule has 0 fully saturated rings. The van der Waals surface area contributed by atoms with Crippen molar-refractivity contribution in [2.75, 3.05) is 20.8 Å². The molecule has 3 unspecified atom stereocenters. The van der Waals surface area contributed by atoms with Gasteiger partial charge in [0.25, 0.3) is 5.91 Å². The van der Waals surface area contributed by atoms with Gasteiger partial charge in [-0.25, -0.2) is 0 Å². The number of benzene rings is 1. The maximum absolute atomic E-state index is 12.8. The predicted molar refractivity (Wildman–Crippen MR) is 113 cm³/mol. The van der Waals surface area contributed by atoms with Gasteiger partial charge in [0.05, 0.1) is 32.8 Å². The molecule has 1 amide bonds. The Morgan fingerprint density at radius 2 is 1.94 bits per heavy atom. The van der Waals surface area contributed by atoms with Crippen LogP contribution < -0.4 is 14.8 Å². The molecule has 1 aromatic carbocycles. The highest BCUT2D eigenvalue weighted by Gasteiger charge is 2.35. The van der Waals surface area contributed by atoms with Crippen molar-refractivity contribution in [2.24, 2.45) is 5.92 Å². The molecule has 1 aliphatic carbocycles. The molecule has 0 saturated carbocycles. The van der Waals surface area contributed by atoms with E-state index >= 15 is 0 Å². The fourth-order valence-electron chi connectivity index (χ4n) is 3.71. The van der Waals surface area contributed by atoms with Crippen molar-refractivity contribution in [2.45, 2.75) is 25.3 Å². The summed E-state index contributed by atoms with van der Waals surface area (Å²) in [4.78, 5) is 35.2. The smallest absolute Gasteiger partial charge is 0.433 e. The standard InChI is InChI=1S/C22H24N2O8/c1-4-31-22(26)20(14-6-8-16(29-2)18(12-14)30-3)13-5-7-15(11-13)23-21(25)17-9-10-19(32-17)24(27)28/h5-10,12-13,15,20H,4,11H2,1-3H3,(H,23,25). The van der Waals surface area contributed by atoms with Gasteiger partial charge in [0.15, 0.2) is 17.3 Å². The molecule has 3 rings (SSSR count). The van der Waals surface area contributed by atoms with Gasteiger partial charge in [0.1, 0.15) is 4.92 Å². The fourth-order valence-corrected chi connectivity index (χ4v) is 3.71. The zero-order valence-corrected chi connectivity index (χ0v) is 17.9. The van der Waals surface area contributed by atoms with E-state index in [9.17, 15) is 19.7 Å². The van der Waals surface area contributed by atoms with Crippen LogP contribution in [-0.4, -0.2) is 43.7 Å². The Balaban J connectivity index is 1.76. The van der Waals surface area contributed by atoms with Crippen LogP contribution in [0.15, 0.2) is 46.9 Å². The number of furan rings is 1. The van der Waals surface area contributed by atoms with E-state index in [2.05, 4.69) is 5.32 Å². The first-order valence-corrected chi connectivity index (χ1v) is 9.99. The average Bonchev–Trinajstić information content (AvgIpc) is 3.44. The summed E-state index contributed by atoms with van der Waals surface area (Å²) < 4.78 is 20.9. The van der Waals surface area contributed by atoms with Gasteiger partial charge < -0.3 is 23.9 Å². The second-order valence-electron chi connectivity index (χ2n) is 7.10. The van der Waals surface area contributed by atoms with E-state index in [4.69, 9.17) is 18.6 Å². The third-order valence-corrected chi connectivity index (χ3v) is 5.16. The molecule has 1 N–H and O–H groups in total. The number of ether oxygens (including phenoxy) is 3. The van der Waals surface area contributed by atoms with Gasteiger partial charge in [-0.15, -0.1) is 0 Å². The molecule has 0 aliphatic heterocycles. The average molecular weight is 444 g/mol. The summed E-state index contributed by atoms with van der Waals surface area (Å²) in [6, 6.07) is 7.23. The van der Waals surface area contributed by atoms with E-state index in [1.807, 2.05) is 6.08 Å². The number of hydrogen-bond donors (Lipinski definition) is 1. The van der Waals surface area contributed by atoms with Crippen LogP contribution in [0.3, 0.4) is 0 Å². The summed E-state index contributed by atoms with van der Waals surface area (Å²) in [5, 5.41) is 13.5. The van der Waals surface area contributed by atoms with Gasteiger partial charge in [-0.05, 0) is 43.0 Å². The maximum Gasteiger partial charge on any atom is 0.433 e. The topological polar surface area (TPSA) is 130 Å². The number of rotatable bonds is 9. The first-order valence-electron chi connectivity index (χ1n) is 9.99. The van der Waals surface area contributed by atoms with Crippen LogP contribution >= 0.6 is 0 Å². The van der Waals surface area contributed by atoms with Crippen LogP contribution in [0.25, 0.3) is 0 Å². The molecule has 10 heteroatoms. The van der Waals surface area contributed by atoms with Gasteiger partial charge in [0, 0.05) is 6.04 Å². The highest BCUT2D eigenvalue weighted by Crippen LogP contribution is 2.38. The Morgan fingerprint density at radius 1 is 1.19 bits per heavy atom. The van der Waals surface area contributed by atoms with Gasteiger partial charge in [0.2, 0.25) is 0 Å². The highest BCUT2D eigenvalue weighted by molar-refractivity contribution is 5.92. The SMILES string of the molecule is CCOC(=O)C(c1ccc(OC)c(OC)c1)C1C=CC(NC(=O)c2ccc([N+](=O)[O-])o2)C1. The maximum atomic E-state index is 12.8. The lowest BCUT2D eigenvalue weighted by molar-refractivity contribution is -0.402. The minimum Gasteiger partial charge on any atom is -0.493 e. The zero-order chi connectivity index (χ0) is 23.3. The quantitative estimate of drug-likeness (QED) is 0.270. The number of nitro groups is 1. The van der Waals surface area contributed by atoms with Crippen molar-refractivity contribution in [1.82, 2.24) is 5.32 Å². The van der Waals surface area contributed by atoms with Crippen molar-refractivity contribution in [3.63, 3.8) is 0 Å². The predicted octanol–water partition coefficient (Wildman–Crippen LogP) is 3.23. The second-order valence-corrected chi connectivity index (χ2v) is 7.10. The highest BCUT2D eigenvalue weighted by atomic mass is 16.6. The third-order valence-electron chi connectivity index (χ3n) is 5.16. The van der Waals surface area contributed by atoms with Crippen LogP contribution in [-0.2, 0) is 9.53 Å². The lowest BCUT2D eigenvalue weighted by Crippen LogP contribution is -2.33. The van der Waals surface area contributed by atoms with Crippen LogP contribution in [0.5, 0.6) is 11.5 Å². The van der Waals surface area contributed by atoms with Crippen LogP contribution in [0.4, 0.5) is 5.88 Å². The summed E-state index contributed by atoms with van der Waals surface area (Å²) in [6.45, 7) is 1.97. The molecular formula is C22H24N2O8. The van der Waals surface area contributed by atoms with E-state index in [1.54, 1.807) is 31.2 Å². The van der Waals surface area contributed by atoms with Crippen molar-refractivity contribution >= 4 is 17.8 Å².